The molecule has 5 heteroatoms. The van der Waals surface area contributed by atoms with E-state index in [1.807, 2.05) is 36.4 Å². The van der Waals surface area contributed by atoms with Gasteiger partial charge >= 0.3 is 0 Å². The van der Waals surface area contributed by atoms with Crippen LogP contribution < -0.4 is 20.1 Å². The second-order valence-electron chi connectivity index (χ2n) is 5.46. The molecular weight excluding hydrogens is 332 g/mol. The van der Waals surface area contributed by atoms with Crippen molar-refractivity contribution in [2.45, 2.75) is 12.8 Å². The van der Waals surface area contributed by atoms with Gasteiger partial charge in [-0.15, -0.1) is 0 Å². The van der Waals surface area contributed by atoms with Crippen molar-refractivity contribution in [3.05, 3.63) is 66.7 Å². The van der Waals surface area contributed by atoms with E-state index in [1.165, 1.54) is 5.56 Å². The molecule has 25 heavy (non-hydrogen) atoms. The first-order chi connectivity index (χ1) is 12.2. The van der Waals surface area contributed by atoms with Gasteiger partial charge in [-0.05, 0) is 67.0 Å². The number of anilines is 1. The minimum atomic E-state index is 0.501. The Kier molecular flexibility index (Phi) is 7.79. The number of ether oxygens (including phenoxy) is 2. The number of nitrogens with one attached hydrogen (secondary N) is 2. The summed E-state index contributed by atoms with van der Waals surface area (Å²) in [6, 6.07) is 15.8. The van der Waals surface area contributed by atoms with Crippen molar-refractivity contribution in [1.29, 1.82) is 0 Å². The Morgan fingerprint density at radius 2 is 1.76 bits per heavy atom. The number of methoxy groups -OCH3 is 1. The molecule has 0 aliphatic carbocycles. The first-order valence-electron chi connectivity index (χ1n) is 8.23. The van der Waals surface area contributed by atoms with Crippen molar-refractivity contribution in [2.24, 2.45) is 0 Å². The predicted molar refractivity (Wildman–Crippen MR) is 108 cm³/mol. The lowest BCUT2D eigenvalue weighted by Crippen LogP contribution is -2.29. The molecule has 0 spiro atoms. The molecule has 0 saturated carbocycles. The average molecular weight is 356 g/mol. The maximum Gasteiger partial charge on any atom is 0.170 e. The van der Waals surface area contributed by atoms with Crippen molar-refractivity contribution in [2.75, 3.05) is 25.6 Å². The molecule has 0 heterocycles. The van der Waals surface area contributed by atoms with Gasteiger partial charge in [-0.2, -0.15) is 0 Å². The molecule has 132 valence electrons. The molecule has 0 bridgehead atoms. The van der Waals surface area contributed by atoms with Gasteiger partial charge in [0.25, 0.3) is 0 Å². The standard InChI is InChI=1S/C20H24N2O2S/c1-3-15-24-19-12-8-17(9-13-19)22-20(25)21-14-4-5-16-6-10-18(23-2)11-7-16/h3,6-13H,1,4-5,14-15H2,2H3,(H2,21,22,25). The predicted octanol–water partition coefficient (Wildman–Crippen LogP) is 4.18. The maximum absolute atomic E-state index is 5.45. The highest BCUT2D eigenvalue weighted by Crippen LogP contribution is 2.15. The molecule has 0 aliphatic heterocycles. The van der Waals surface area contributed by atoms with E-state index in [0.29, 0.717) is 11.7 Å². The summed E-state index contributed by atoms with van der Waals surface area (Å²) in [4.78, 5) is 0. The van der Waals surface area contributed by atoms with Crippen LogP contribution in [0.25, 0.3) is 0 Å². The Hall–Kier alpha value is -2.53. The molecule has 0 radical (unpaired) electrons. The molecule has 2 N–H and O–H groups in total. The number of hydrogen-bond donors (Lipinski definition) is 2. The minimum Gasteiger partial charge on any atom is -0.497 e. The van der Waals surface area contributed by atoms with Crippen LogP contribution in [-0.4, -0.2) is 25.4 Å². The summed E-state index contributed by atoms with van der Waals surface area (Å²) >= 11 is 5.32. The van der Waals surface area contributed by atoms with E-state index < -0.39 is 0 Å². The normalized spacial score (nSPS) is 9.96. The summed E-state index contributed by atoms with van der Waals surface area (Å²) in [7, 11) is 1.68. The zero-order valence-corrected chi connectivity index (χ0v) is 15.3. The zero-order chi connectivity index (χ0) is 17.9. The molecule has 0 fully saturated rings. The van der Waals surface area contributed by atoms with Crippen LogP contribution in [0.4, 0.5) is 5.69 Å². The van der Waals surface area contributed by atoms with E-state index in [0.717, 1.165) is 36.6 Å². The number of hydrogen-bond acceptors (Lipinski definition) is 3. The highest BCUT2D eigenvalue weighted by atomic mass is 32.1. The quantitative estimate of drug-likeness (QED) is 0.401. The molecule has 0 atom stereocenters. The van der Waals surface area contributed by atoms with E-state index in [-0.39, 0.29) is 0 Å². The van der Waals surface area contributed by atoms with Crippen LogP contribution in [0.3, 0.4) is 0 Å². The zero-order valence-electron chi connectivity index (χ0n) is 14.5. The molecule has 2 rings (SSSR count). The highest BCUT2D eigenvalue weighted by molar-refractivity contribution is 7.80. The number of benzene rings is 2. The largest absolute Gasteiger partial charge is 0.497 e. The SMILES string of the molecule is C=CCOc1ccc(NC(=S)NCCCc2ccc(OC)cc2)cc1. The summed E-state index contributed by atoms with van der Waals surface area (Å²) in [5.74, 6) is 1.69. The third-order valence-corrected chi connectivity index (χ3v) is 3.81. The third kappa shape index (κ3) is 6.85. The van der Waals surface area contributed by atoms with Gasteiger partial charge in [-0.3, -0.25) is 0 Å². The molecule has 4 nitrogen and oxygen atoms in total. The van der Waals surface area contributed by atoms with Crippen LogP contribution in [0.15, 0.2) is 61.2 Å². The fraction of sp³-hybridized carbons (Fsp3) is 0.250. The minimum absolute atomic E-state index is 0.501. The van der Waals surface area contributed by atoms with Gasteiger partial charge in [0.2, 0.25) is 0 Å². The monoisotopic (exact) mass is 356 g/mol. The van der Waals surface area contributed by atoms with Crippen LogP contribution >= 0.6 is 12.2 Å². The van der Waals surface area contributed by atoms with Gasteiger partial charge in [0.05, 0.1) is 7.11 Å². The Morgan fingerprint density at radius 1 is 1.08 bits per heavy atom. The van der Waals surface area contributed by atoms with E-state index in [9.17, 15) is 0 Å². The highest BCUT2D eigenvalue weighted by Gasteiger charge is 1.99. The molecule has 2 aromatic carbocycles. The van der Waals surface area contributed by atoms with E-state index >= 15 is 0 Å². The summed E-state index contributed by atoms with van der Waals surface area (Å²) in [6.45, 7) is 4.95. The maximum atomic E-state index is 5.45. The fourth-order valence-electron chi connectivity index (χ4n) is 2.25. The first kappa shape index (κ1) is 18.8. The molecule has 0 saturated heterocycles. The lowest BCUT2D eigenvalue weighted by molar-refractivity contribution is 0.363. The van der Waals surface area contributed by atoms with Gasteiger partial charge in [0.1, 0.15) is 18.1 Å². The summed E-state index contributed by atoms with van der Waals surface area (Å²) < 4.78 is 10.6. The van der Waals surface area contributed by atoms with Gasteiger partial charge in [0.15, 0.2) is 5.11 Å². The van der Waals surface area contributed by atoms with Crippen molar-refractivity contribution in [1.82, 2.24) is 5.32 Å². The van der Waals surface area contributed by atoms with Gasteiger partial charge in [-0.25, -0.2) is 0 Å². The second-order valence-corrected chi connectivity index (χ2v) is 5.86. The van der Waals surface area contributed by atoms with Crippen molar-refractivity contribution < 1.29 is 9.47 Å². The lowest BCUT2D eigenvalue weighted by atomic mass is 10.1. The second kappa shape index (κ2) is 10.4. The van der Waals surface area contributed by atoms with E-state index in [1.54, 1.807) is 13.2 Å². The van der Waals surface area contributed by atoms with Crippen LogP contribution in [0.1, 0.15) is 12.0 Å². The van der Waals surface area contributed by atoms with E-state index in [4.69, 9.17) is 21.7 Å². The van der Waals surface area contributed by atoms with Crippen LogP contribution in [0.2, 0.25) is 0 Å². The average Bonchev–Trinajstić information content (AvgIpc) is 2.65. The topological polar surface area (TPSA) is 42.5 Å². The molecule has 0 unspecified atom stereocenters. The van der Waals surface area contributed by atoms with E-state index in [2.05, 4.69) is 29.3 Å². The Morgan fingerprint density at radius 3 is 2.40 bits per heavy atom. The van der Waals surface area contributed by atoms with Crippen molar-refractivity contribution in [3.63, 3.8) is 0 Å². The number of aryl methyl sites for hydroxylation is 1. The Labute approximate surface area is 154 Å². The first-order valence-corrected chi connectivity index (χ1v) is 8.63. The van der Waals surface area contributed by atoms with Gasteiger partial charge in [0, 0.05) is 12.2 Å². The smallest absolute Gasteiger partial charge is 0.170 e. The fourth-order valence-corrected chi connectivity index (χ4v) is 2.47. The van der Waals surface area contributed by atoms with Crippen LogP contribution in [-0.2, 0) is 6.42 Å². The summed E-state index contributed by atoms with van der Waals surface area (Å²) in [5, 5.41) is 7.01. The molecule has 0 aromatic heterocycles. The van der Waals surface area contributed by atoms with Crippen molar-refractivity contribution in [3.8, 4) is 11.5 Å². The molecule has 2 aromatic rings. The molecule has 0 amide bonds. The summed E-state index contributed by atoms with van der Waals surface area (Å²) in [5.41, 5.74) is 2.22. The molecule has 0 aliphatic rings. The van der Waals surface area contributed by atoms with Crippen LogP contribution in [0, 0.1) is 0 Å². The Bertz CT molecular complexity index is 669. The number of thiocarbonyl (C=S) groups is 1. The third-order valence-electron chi connectivity index (χ3n) is 3.57. The summed E-state index contributed by atoms with van der Waals surface area (Å²) in [6.07, 6.45) is 3.72. The van der Waals surface area contributed by atoms with Gasteiger partial charge < -0.3 is 20.1 Å². The number of rotatable bonds is 9. The Balaban J connectivity index is 1.67. The van der Waals surface area contributed by atoms with Crippen molar-refractivity contribution >= 4 is 23.0 Å². The van der Waals surface area contributed by atoms with Crippen LogP contribution in [0.5, 0.6) is 11.5 Å². The molecular formula is C20H24N2O2S. The lowest BCUT2D eigenvalue weighted by Gasteiger charge is -2.11. The van der Waals surface area contributed by atoms with Gasteiger partial charge in [-0.1, -0.05) is 24.8 Å².